The summed E-state index contributed by atoms with van der Waals surface area (Å²) >= 11 is 6.35. The number of alkyl halides is 2. The van der Waals surface area contributed by atoms with E-state index in [2.05, 4.69) is 31.9 Å². The van der Waals surface area contributed by atoms with Crippen molar-refractivity contribution in [3.8, 4) is 0 Å². The number of hydrogen-bond acceptors (Lipinski definition) is 1. The van der Waals surface area contributed by atoms with Crippen LogP contribution in [0.2, 0.25) is 0 Å². The van der Waals surface area contributed by atoms with E-state index in [-0.39, 0.29) is 5.78 Å². The maximum absolute atomic E-state index is 12.3. The summed E-state index contributed by atoms with van der Waals surface area (Å²) in [7, 11) is 0. The van der Waals surface area contributed by atoms with Gasteiger partial charge in [-0.15, -0.1) is 0 Å². The highest BCUT2D eigenvalue weighted by molar-refractivity contribution is 9.10. The van der Waals surface area contributed by atoms with Gasteiger partial charge in [-0.25, -0.2) is 4.39 Å². The van der Waals surface area contributed by atoms with Crippen molar-refractivity contribution < 1.29 is 9.18 Å². The van der Waals surface area contributed by atoms with Crippen LogP contribution in [0, 0.1) is 0 Å². The highest BCUT2D eigenvalue weighted by atomic mass is 79.9. The average Bonchev–Trinajstić information content (AvgIpc) is 2.18. The number of hydrogen-bond donors (Lipinski definition) is 0. The fourth-order valence-electron chi connectivity index (χ4n) is 1.08. The molecule has 4 heteroatoms. The third-order valence-corrected chi connectivity index (χ3v) is 3.18. The van der Waals surface area contributed by atoms with Crippen LogP contribution in [0.4, 0.5) is 4.39 Å². The zero-order chi connectivity index (χ0) is 10.6. The van der Waals surface area contributed by atoms with E-state index in [4.69, 9.17) is 0 Å². The molecule has 0 saturated carbocycles. The molecule has 0 unspecified atom stereocenters. The molecule has 0 aliphatic heterocycles. The van der Waals surface area contributed by atoms with Crippen LogP contribution in [-0.4, -0.2) is 11.1 Å². The molecule has 0 aromatic heterocycles. The predicted octanol–water partition coefficient (Wildman–Crippen LogP) is 3.43. The number of halogens is 3. The second kappa shape index (κ2) is 5.61. The highest BCUT2D eigenvalue weighted by Gasteiger charge is 2.04. The first-order valence-electron chi connectivity index (χ1n) is 4.08. The maximum atomic E-state index is 12.3. The molecule has 1 aromatic carbocycles. The van der Waals surface area contributed by atoms with E-state index in [1.807, 2.05) is 0 Å². The molecule has 0 saturated heterocycles. The molecule has 0 heterocycles. The van der Waals surface area contributed by atoms with Gasteiger partial charge in [-0.3, -0.25) is 4.79 Å². The van der Waals surface area contributed by atoms with Crippen molar-refractivity contribution in [2.75, 3.05) is 5.33 Å². The summed E-state index contributed by atoms with van der Waals surface area (Å²) in [6, 6.07) is 5.26. The summed E-state index contributed by atoms with van der Waals surface area (Å²) in [6.45, 7) is -0.493. The van der Waals surface area contributed by atoms with E-state index in [0.717, 1.165) is 10.0 Å². The Balaban J connectivity index is 2.81. The number of rotatable bonds is 4. The molecule has 0 aliphatic carbocycles. The van der Waals surface area contributed by atoms with Crippen molar-refractivity contribution in [3.05, 3.63) is 33.8 Å². The van der Waals surface area contributed by atoms with Gasteiger partial charge in [0.15, 0.2) is 0 Å². The fourth-order valence-corrected chi connectivity index (χ4v) is 1.81. The molecular formula is C10H9Br2FO. The SMILES string of the molecule is O=C(CBr)Cc1ccc(CF)c(Br)c1. The molecule has 0 amide bonds. The van der Waals surface area contributed by atoms with Gasteiger partial charge in [0.25, 0.3) is 0 Å². The lowest BCUT2D eigenvalue weighted by Crippen LogP contribution is -2.03. The Bertz CT molecular complexity index is 339. The lowest BCUT2D eigenvalue weighted by molar-refractivity contribution is -0.115. The number of ketones is 1. The molecule has 0 bridgehead atoms. The van der Waals surface area contributed by atoms with Crippen molar-refractivity contribution in [1.29, 1.82) is 0 Å². The smallest absolute Gasteiger partial charge is 0.147 e. The normalized spacial score (nSPS) is 10.2. The van der Waals surface area contributed by atoms with Crippen LogP contribution in [0.3, 0.4) is 0 Å². The van der Waals surface area contributed by atoms with Gasteiger partial charge in [0.1, 0.15) is 12.5 Å². The third-order valence-electron chi connectivity index (χ3n) is 1.81. The first-order valence-corrected chi connectivity index (χ1v) is 5.99. The Morgan fingerprint density at radius 2 is 2.14 bits per heavy atom. The van der Waals surface area contributed by atoms with Crippen molar-refractivity contribution in [3.63, 3.8) is 0 Å². The molecule has 0 N–H and O–H groups in total. The molecule has 76 valence electrons. The average molecular weight is 324 g/mol. The minimum Gasteiger partial charge on any atom is -0.298 e. The summed E-state index contributed by atoms with van der Waals surface area (Å²) in [4.78, 5) is 11.1. The molecule has 0 radical (unpaired) electrons. The minimum atomic E-state index is -0.493. The Kier molecular flexibility index (Phi) is 4.75. The molecule has 0 aliphatic rings. The Morgan fingerprint density at radius 1 is 1.43 bits per heavy atom. The molecule has 1 nitrogen and oxygen atoms in total. The fraction of sp³-hybridized carbons (Fsp3) is 0.300. The van der Waals surface area contributed by atoms with Crippen LogP contribution in [0.1, 0.15) is 11.1 Å². The molecule has 1 aromatic rings. The van der Waals surface area contributed by atoms with Gasteiger partial charge in [0.05, 0.1) is 5.33 Å². The van der Waals surface area contributed by atoms with Crippen molar-refractivity contribution in [2.45, 2.75) is 13.1 Å². The quantitative estimate of drug-likeness (QED) is 0.776. The minimum absolute atomic E-state index is 0.116. The van der Waals surface area contributed by atoms with Gasteiger partial charge < -0.3 is 0 Å². The largest absolute Gasteiger partial charge is 0.298 e. The van der Waals surface area contributed by atoms with Crippen molar-refractivity contribution >= 4 is 37.6 Å². The van der Waals surface area contributed by atoms with E-state index in [1.165, 1.54) is 0 Å². The molecule has 0 spiro atoms. The summed E-state index contributed by atoms with van der Waals surface area (Å²) in [6.07, 6.45) is 0.385. The van der Waals surface area contributed by atoms with Crippen LogP contribution in [0.5, 0.6) is 0 Å². The van der Waals surface area contributed by atoms with E-state index < -0.39 is 6.67 Å². The highest BCUT2D eigenvalue weighted by Crippen LogP contribution is 2.20. The second-order valence-electron chi connectivity index (χ2n) is 2.91. The summed E-state index contributed by atoms with van der Waals surface area (Å²) in [5, 5.41) is 0.357. The standard InChI is InChI=1S/C10H9Br2FO/c11-5-9(14)3-7-1-2-8(6-13)10(12)4-7/h1-2,4H,3,5-6H2. The monoisotopic (exact) mass is 322 g/mol. The molecule has 1 rings (SSSR count). The number of carbonyl (C=O) groups excluding carboxylic acids is 1. The van der Waals surface area contributed by atoms with Gasteiger partial charge in [-0.2, -0.15) is 0 Å². The van der Waals surface area contributed by atoms with Gasteiger partial charge in [0, 0.05) is 10.9 Å². The first-order chi connectivity index (χ1) is 6.67. The predicted molar refractivity (Wildman–Crippen MR) is 61.5 cm³/mol. The zero-order valence-electron chi connectivity index (χ0n) is 7.40. The summed E-state index contributed by atoms with van der Waals surface area (Å²) in [5.74, 6) is 0.116. The topological polar surface area (TPSA) is 17.1 Å². The lowest BCUT2D eigenvalue weighted by Gasteiger charge is -2.03. The van der Waals surface area contributed by atoms with Crippen molar-refractivity contribution in [2.24, 2.45) is 0 Å². The number of carbonyl (C=O) groups is 1. The van der Waals surface area contributed by atoms with E-state index in [9.17, 15) is 9.18 Å². The summed E-state index contributed by atoms with van der Waals surface area (Å²) in [5.41, 5.74) is 1.51. The Hall–Kier alpha value is -0.220. The van der Waals surface area contributed by atoms with Crippen LogP contribution in [0.25, 0.3) is 0 Å². The van der Waals surface area contributed by atoms with Crippen LogP contribution in [0.15, 0.2) is 22.7 Å². The van der Waals surface area contributed by atoms with Gasteiger partial charge in [-0.05, 0) is 17.2 Å². The van der Waals surface area contributed by atoms with Crippen molar-refractivity contribution in [1.82, 2.24) is 0 Å². The van der Waals surface area contributed by atoms with Crippen LogP contribution in [-0.2, 0) is 17.9 Å². The molecule has 14 heavy (non-hydrogen) atoms. The summed E-state index contributed by atoms with van der Waals surface area (Å²) < 4.78 is 13.1. The zero-order valence-corrected chi connectivity index (χ0v) is 10.6. The van der Waals surface area contributed by atoms with E-state index in [0.29, 0.717) is 17.3 Å². The molecule has 0 fully saturated rings. The molecule has 0 atom stereocenters. The second-order valence-corrected chi connectivity index (χ2v) is 4.32. The van der Waals surface area contributed by atoms with Gasteiger partial charge >= 0.3 is 0 Å². The Labute approximate surface area is 99.0 Å². The van der Waals surface area contributed by atoms with Gasteiger partial charge in [-0.1, -0.05) is 44.0 Å². The van der Waals surface area contributed by atoms with Crippen LogP contribution >= 0.6 is 31.9 Å². The van der Waals surface area contributed by atoms with Gasteiger partial charge in [0.2, 0.25) is 0 Å². The Morgan fingerprint density at radius 3 is 2.64 bits per heavy atom. The number of Topliss-reactive ketones (excluding diaryl/α,β-unsaturated/α-hetero) is 1. The first kappa shape index (κ1) is 11.9. The third kappa shape index (κ3) is 3.17. The van der Waals surface area contributed by atoms with E-state index >= 15 is 0 Å². The van der Waals surface area contributed by atoms with Crippen LogP contribution < -0.4 is 0 Å². The molecular weight excluding hydrogens is 315 g/mol. The maximum Gasteiger partial charge on any atom is 0.147 e. The van der Waals surface area contributed by atoms with E-state index in [1.54, 1.807) is 18.2 Å². The number of benzene rings is 1. The lowest BCUT2D eigenvalue weighted by atomic mass is 10.1.